The predicted molar refractivity (Wildman–Crippen MR) is 64.1 cm³/mol. The average molecular weight is 308 g/mol. The van der Waals surface area contributed by atoms with Gasteiger partial charge in [-0.3, -0.25) is 0 Å². The molecule has 0 aliphatic rings. The lowest BCUT2D eigenvalue weighted by Crippen LogP contribution is -2.13. The fraction of sp³-hybridized carbons (Fsp3) is 0.250. The van der Waals surface area contributed by atoms with E-state index in [1.54, 1.807) is 0 Å². The first-order valence-corrected chi connectivity index (χ1v) is 6.31. The molecule has 1 aromatic carbocycles. The van der Waals surface area contributed by atoms with Gasteiger partial charge in [0, 0.05) is 23.2 Å². The summed E-state index contributed by atoms with van der Waals surface area (Å²) in [4.78, 5) is 3.44. The molecule has 0 saturated heterocycles. The first-order chi connectivity index (χ1) is 9.27. The fourth-order valence-corrected chi connectivity index (χ4v) is 2.40. The van der Waals surface area contributed by atoms with Crippen LogP contribution in [0, 0.1) is 11.6 Å². The van der Waals surface area contributed by atoms with Crippen LogP contribution < -0.4 is 5.73 Å². The minimum absolute atomic E-state index is 0.0361. The number of nitrogens with two attached hydrogens (primary N) is 1. The SMILES string of the molecule is NC(Cc1ccc(F)cc1F)c1cnc(C(F)(F)F)s1. The maximum absolute atomic E-state index is 13.4. The van der Waals surface area contributed by atoms with Crippen molar-refractivity contribution in [2.24, 2.45) is 5.73 Å². The van der Waals surface area contributed by atoms with Crippen molar-refractivity contribution in [2.45, 2.75) is 18.6 Å². The average Bonchev–Trinajstić information content (AvgIpc) is 2.82. The van der Waals surface area contributed by atoms with E-state index in [0.717, 1.165) is 12.3 Å². The molecule has 0 aliphatic heterocycles. The Bertz CT molecular complexity index is 608. The van der Waals surface area contributed by atoms with Crippen molar-refractivity contribution in [3.63, 3.8) is 0 Å². The maximum atomic E-state index is 13.4. The summed E-state index contributed by atoms with van der Waals surface area (Å²) in [5, 5.41) is -0.998. The first kappa shape index (κ1) is 14.9. The monoisotopic (exact) mass is 308 g/mol. The van der Waals surface area contributed by atoms with Crippen LogP contribution in [0.4, 0.5) is 22.0 Å². The summed E-state index contributed by atoms with van der Waals surface area (Å²) in [6, 6.07) is 2.16. The van der Waals surface area contributed by atoms with Crippen molar-refractivity contribution in [3.8, 4) is 0 Å². The first-order valence-electron chi connectivity index (χ1n) is 5.50. The lowest BCUT2D eigenvalue weighted by atomic mass is 10.1. The van der Waals surface area contributed by atoms with Gasteiger partial charge in [0.25, 0.3) is 0 Å². The zero-order valence-electron chi connectivity index (χ0n) is 9.92. The van der Waals surface area contributed by atoms with Crippen LogP contribution in [0.15, 0.2) is 24.4 Å². The van der Waals surface area contributed by atoms with Crippen molar-refractivity contribution in [2.75, 3.05) is 0 Å². The van der Waals surface area contributed by atoms with Gasteiger partial charge in [0.1, 0.15) is 11.6 Å². The van der Waals surface area contributed by atoms with Crippen LogP contribution in [0.2, 0.25) is 0 Å². The van der Waals surface area contributed by atoms with Gasteiger partial charge >= 0.3 is 6.18 Å². The molecule has 0 radical (unpaired) electrons. The Labute approximate surface area is 115 Å². The van der Waals surface area contributed by atoms with Crippen LogP contribution in [0.1, 0.15) is 21.5 Å². The Morgan fingerprint density at radius 1 is 1.25 bits per heavy atom. The summed E-state index contributed by atoms with van der Waals surface area (Å²) in [5.41, 5.74) is 5.87. The molecule has 1 atom stereocenters. The maximum Gasteiger partial charge on any atom is 0.443 e. The molecule has 20 heavy (non-hydrogen) atoms. The third kappa shape index (κ3) is 3.31. The van der Waals surface area contributed by atoms with E-state index >= 15 is 0 Å². The highest BCUT2D eigenvalue weighted by atomic mass is 32.1. The molecular formula is C12H9F5N2S. The lowest BCUT2D eigenvalue weighted by molar-refractivity contribution is -0.137. The number of aromatic nitrogens is 1. The van der Waals surface area contributed by atoms with E-state index in [1.165, 1.54) is 6.07 Å². The van der Waals surface area contributed by atoms with Gasteiger partial charge in [0.05, 0.1) is 0 Å². The van der Waals surface area contributed by atoms with Crippen molar-refractivity contribution in [3.05, 3.63) is 51.5 Å². The van der Waals surface area contributed by atoms with Crippen LogP contribution >= 0.6 is 11.3 Å². The second kappa shape index (κ2) is 5.45. The predicted octanol–water partition coefficient (Wildman–Crippen LogP) is 3.68. The molecule has 8 heteroatoms. The normalized spacial score (nSPS) is 13.5. The molecule has 0 aliphatic carbocycles. The molecule has 2 N–H and O–H groups in total. The third-order valence-electron chi connectivity index (χ3n) is 2.59. The third-order valence-corrected chi connectivity index (χ3v) is 3.76. The quantitative estimate of drug-likeness (QED) is 0.879. The molecule has 1 unspecified atom stereocenters. The molecule has 1 heterocycles. The standard InChI is InChI=1S/C12H9F5N2S/c13-7-2-1-6(8(14)4-7)3-9(18)10-5-19-11(20-10)12(15,16)17/h1-2,4-5,9H,3,18H2. The Balaban J connectivity index is 2.16. The highest BCUT2D eigenvalue weighted by Gasteiger charge is 2.35. The summed E-state index contributed by atoms with van der Waals surface area (Å²) in [5.74, 6) is -1.50. The van der Waals surface area contributed by atoms with Crippen molar-refractivity contribution < 1.29 is 22.0 Å². The Hall–Kier alpha value is -1.54. The van der Waals surface area contributed by atoms with E-state index in [1.807, 2.05) is 0 Å². The summed E-state index contributed by atoms with van der Waals surface area (Å²) in [6.07, 6.45) is -3.53. The van der Waals surface area contributed by atoms with Crippen LogP contribution in [0.5, 0.6) is 0 Å². The van der Waals surface area contributed by atoms with E-state index in [0.29, 0.717) is 17.4 Å². The largest absolute Gasteiger partial charge is 0.443 e. The zero-order chi connectivity index (χ0) is 14.9. The number of alkyl halides is 3. The van der Waals surface area contributed by atoms with Crippen LogP contribution in [-0.4, -0.2) is 4.98 Å². The topological polar surface area (TPSA) is 38.9 Å². The van der Waals surface area contributed by atoms with E-state index in [-0.39, 0.29) is 16.9 Å². The lowest BCUT2D eigenvalue weighted by Gasteiger charge is -2.10. The van der Waals surface area contributed by atoms with Crippen molar-refractivity contribution in [1.29, 1.82) is 0 Å². The van der Waals surface area contributed by atoms with Gasteiger partial charge in [-0.05, 0) is 18.1 Å². The number of rotatable bonds is 3. The molecule has 0 amide bonds. The van der Waals surface area contributed by atoms with Gasteiger partial charge in [0.2, 0.25) is 0 Å². The summed E-state index contributed by atoms with van der Waals surface area (Å²) < 4.78 is 63.4. The zero-order valence-corrected chi connectivity index (χ0v) is 10.7. The fourth-order valence-electron chi connectivity index (χ4n) is 1.61. The van der Waals surface area contributed by atoms with E-state index in [9.17, 15) is 22.0 Å². The van der Waals surface area contributed by atoms with Gasteiger partial charge in [-0.2, -0.15) is 13.2 Å². The van der Waals surface area contributed by atoms with Gasteiger partial charge in [-0.1, -0.05) is 6.07 Å². The molecule has 2 nitrogen and oxygen atoms in total. The molecule has 0 fully saturated rings. The molecule has 2 aromatic rings. The molecular weight excluding hydrogens is 299 g/mol. The highest BCUT2D eigenvalue weighted by Crippen LogP contribution is 2.34. The van der Waals surface area contributed by atoms with Gasteiger partial charge in [-0.25, -0.2) is 13.8 Å². The Kier molecular flexibility index (Phi) is 4.05. The summed E-state index contributed by atoms with van der Waals surface area (Å²) >= 11 is 0.419. The number of benzene rings is 1. The highest BCUT2D eigenvalue weighted by molar-refractivity contribution is 7.11. The molecule has 0 saturated carbocycles. The van der Waals surface area contributed by atoms with Gasteiger partial charge < -0.3 is 5.73 Å². The Morgan fingerprint density at radius 3 is 2.50 bits per heavy atom. The second-order valence-corrected chi connectivity index (χ2v) is 5.17. The van der Waals surface area contributed by atoms with Crippen molar-refractivity contribution >= 4 is 11.3 Å². The number of hydrogen-bond donors (Lipinski definition) is 1. The number of hydrogen-bond acceptors (Lipinski definition) is 3. The number of halogens is 5. The molecule has 0 bridgehead atoms. The second-order valence-electron chi connectivity index (χ2n) is 4.11. The van der Waals surface area contributed by atoms with E-state index in [2.05, 4.69) is 4.98 Å². The molecule has 108 valence electrons. The molecule has 1 aromatic heterocycles. The van der Waals surface area contributed by atoms with E-state index < -0.39 is 28.9 Å². The van der Waals surface area contributed by atoms with Gasteiger partial charge in [0.15, 0.2) is 5.01 Å². The molecule has 0 spiro atoms. The summed E-state index contributed by atoms with van der Waals surface area (Å²) in [6.45, 7) is 0. The van der Waals surface area contributed by atoms with Crippen LogP contribution in [-0.2, 0) is 12.6 Å². The molecule has 2 rings (SSSR count). The smallest absolute Gasteiger partial charge is 0.323 e. The minimum Gasteiger partial charge on any atom is -0.323 e. The Morgan fingerprint density at radius 2 is 1.95 bits per heavy atom. The minimum atomic E-state index is -4.52. The van der Waals surface area contributed by atoms with Gasteiger partial charge in [-0.15, -0.1) is 11.3 Å². The van der Waals surface area contributed by atoms with Crippen molar-refractivity contribution in [1.82, 2.24) is 4.98 Å². The number of nitrogens with zero attached hydrogens (tertiary/aromatic N) is 1. The van der Waals surface area contributed by atoms with Crippen LogP contribution in [0.3, 0.4) is 0 Å². The van der Waals surface area contributed by atoms with E-state index in [4.69, 9.17) is 5.73 Å². The number of thiazole rings is 1. The summed E-state index contributed by atoms with van der Waals surface area (Å²) in [7, 11) is 0. The van der Waals surface area contributed by atoms with Crippen LogP contribution in [0.25, 0.3) is 0 Å².